The van der Waals surface area contributed by atoms with Gasteiger partial charge in [-0.15, -0.1) is 0 Å². The van der Waals surface area contributed by atoms with Gasteiger partial charge in [-0.05, 0) is 80.4 Å². The highest BCUT2D eigenvalue weighted by atomic mass is 32.2. The Morgan fingerprint density at radius 2 is 1.87 bits per heavy atom. The minimum absolute atomic E-state index is 0.0272. The first-order valence-corrected chi connectivity index (χ1v) is 14.7. The summed E-state index contributed by atoms with van der Waals surface area (Å²) in [5, 5.41) is 8.49. The van der Waals surface area contributed by atoms with Crippen molar-refractivity contribution >= 4 is 45.8 Å². The Bertz CT molecular complexity index is 1770. The van der Waals surface area contributed by atoms with Crippen molar-refractivity contribution in [3.05, 3.63) is 69.8 Å². The van der Waals surface area contributed by atoms with Crippen LogP contribution in [0.4, 0.5) is 26.3 Å². The van der Waals surface area contributed by atoms with Crippen molar-refractivity contribution in [1.82, 2.24) is 20.0 Å². The Labute approximate surface area is 257 Å². The van der Waals surface area contributed by atoms with Gasteiger partial charge in [0.25, 0.3) is 5.91 Å². The Morgan fingerprint density at radius 3 is 2.56 bits per heavy atom. The van der Waals surface area contributed by atoms with Gasteiger partial charge in [-0.25, -0.2) is 4.79 Å². The number of carbonyl (C=O) groups excluding carboxylic acids is 2. The Kier molecular flexibility index (Phi) is 7.35. The summed E-state index contributed by atoms with van der Waals surface area (Å²) >= 11 is 1.19. The van der Waals surface area contributed by atoms with E-state index in [1.807, 2.05) is 4.90 Å². The summed E-state index contributed by atoms with van der Waals surface area (Å²) in [6.07, 6.45) is -6.29. The van der Waals surface area contributed by atoms with Gasteiger partial charge in [0.15, 0.2) is 5.17 Å². The third-order valence-electron chi connectivity index (χ3n) is 7.81. The fourth-order valence-corrected chi connectivity index (χ4v) is 6.73. The van der Waals surface area contributed by atoms with Crippen LogP contribution < -0.4 is 5.32 Å². The maximum absolute atomic E-state index is 13.7. The number of benzene rings is 2. The van der Waals surface area contributed by atoms with Gasteiger partial charge in [0.2, 0.25) is 0 Å². The van der Waals surface area contributed by atoms with E-state index >= 15 is 0 Å². The van der Waals surface area contributed by atoms with E-state index in [4.69, 9.17) is 4.74 Å². The van der Waals surface area contributed by atoms with Crippen LogP contribution in [0.25, 0.3) is 17.0 Å². The number of aromatic nitrogens is 2. The van der Waals surface area contributed by atoms with E-state index in [2.05, 4.69) is 15.4 Å². The first kappa shape index (κ1) is 31.1. The molecule has 15 heteroatoms. The molecule has 2 unspecified atom stereocenters. The van der Waals surface area contributed by atoms with Gasteiger partial charge in [-0.1, -0.05) is 12.1 Å². The van der Waals surface area contributed by atoms with E-state index in [-0.39, 0.29) is 23.6 Å². The third kappa shape index (κ3) is 6.07. The van der Waals surface area contributed by atoms with Crippen LogP contribution in [-0.4, -0.2) is 62.0 Å². The van der Waals surface area contributed by atoms with Crippen LogP contribution in [-0.2, 0) is 33.2 Å². The molecule has 238 valence electrons. The summed E-state index contributed by atoms with van der Waals surface area (Å²) in [5.74, 6) is -0.776. The number of hydrogen-bond donors (Lipinski definition) is 1. The zero-order chi connectivity index (χ0) is 32.5. The van der Waals surface area contributed by atoms with Crippen molar-refractivity contribution in [3.63, 3.8) is 0 Å². The second kappa shape index (κ2) is 10.6. The summed E-state index contributed by atoms with van der Waals surface area (Å²) in [5.41, 5.74) is -3.56. The summed E-state index contributed by atoms with van der Waals surface area (Å²) in [6, 6.07) is 6.50. The lowest BCUT2D eigenvalue weighted by molar-refractivity contribution is -0.162. The molecule has 2 atom stereocenters. The van der Waals surface area contributed by atoms with Crippen LogP contribution >= 0.6 is 11.8 Å². The number of likely N-dealkylation sites (tertiary alicyclic amines) is 1. The van der Waals surface area contributed by atoms with Crippen molar-refractivity contribution in [3.8, 4) is 0 Å². The van der Waals surface area contributed by atoms with Crippen molar-refractivity contribution in [1.29, 1.82) is 0 Å². The fraction of sp³-hybridized carbons (Fsp3) is 0.400. The molecule has 0 aliphatic carbocycles. The molecular weight excluding hydrogens is 624 g/mol. The summed E-state index contributed by atoms with van der Waals surface area (Å²) in [4.78, 5) is 32.3. The number of amidine groups is 1. The van der Waals surface area contributed by atoms with Crippen LogP contribution in [0, 0.1) is 0 Å². The molecule has 0 radical (unpaired) electrons. The molecule has 1 N–H and O–H groups in total. The normalized spacial score (nSPS) is 23.0. The molecule has 3 aliphatic rings. The number of amides is 1. The number of ether oxygens (including phenoxy) is 1. The lowest BCUT2D eigenvalue weighted by Gasteiger charge is -2.34. The van der Waals surface area contributed by atoms with Gasteiger partial charge in [-0.3, -0.25) is 14.8 Å². The van der Waals surface area contributed by atoms with Crippen molar-refractivity contribution in [2.24, 2.45) is 4.99 Å². The molecule has 1 aromatic heterocycles. The van der Waals surface area contributed by atoms with Crippen LogP contribution in [0.2, 0.25) is 0 Å². The Hall–Kier alpha value is -3.85. The summed E-state index contributed by atoms with van der Waals surface area (Å²) in [7, 11) is 0. The molecule has 0 saturated carbocycles. The predicted molar refractivity (Wildman–Crippen MR) is 155 cm³/mol. The SMILES string of the molecule is CC(C)(C)OC(=O)C12CC(CN1)N(C1=NC(=O)C(=Cc3ccc4c(cnn4Cc4ccc(C(F)(F)F)cc4C(F)(F)F)c3)S1)C2. The first-order valence-electron chi connectivity index (χ1n) is 13.9. The molecular formula is C30H27F6N5O3S. The van der Waals surface area contributed by atoms with E-state index < -0.39 is 47.1 Å². The molecule has 0 spiro atoms. The summed E-state index contributed by atoms with van der Waals surface area (Å²) in [6.45, 7) is 5.87. The number of carbonyl (C=O) groups is 2. The van der Waals surface area contributed by atoms with E-state index in [0.29, 0.717) is 52.1 Å². The van der Waals surface area contributed by atoms with Crippen molar-refractivity contribution in [2.75, 3.05) is 13.1 Å². The van der Waals surface area contributed by atoms with Gasteiger partial charge in [0.1, 0.15) is 11.1 Å². The molecule has 6 rings (SSSR count). The topological polar surface area (TPSA) is 88.8 Å². The van der Waals surface area contributed by atoms with Gasteiger partial charge in [0.05, 0.1) is 34.3 Å². The van der Waals surface area contributed by atoms with Crippen molar-refractivity contribution in [2.45, 2.75) is 63.3 Å². The number of hydrogen-bond acceptors (Lipinski definition) is 7. The molecule has 3 aromatic rings. The maximum atomic E-state index is 13.7. The number of nitrogens with one attached hydrogen (secondary N) is 1. The number of alkyl halides is 6. The number of halogens is 6. The summed E-state index contributed by atoms with van der Waals surface area (Å²) < 4.78 is 87.1. The number of piperazine rings is 1. The molecule has 45 heavy (non-hydrogen) atoms. The van der Waals surface area contributed by atoms with Crippen LogP contribution in [0.15, 0.2) is 52.5 Å². The highest BCUT2D eigenvalue weighted by molar-refractivity contribution is 8.18. The highest BCUT2D eigenvalue weighted by Gasteiger charge is 2.57. The maximum Gasteiger partial charge on any atom is 0.416 e. The number of fused-ring (bicyclic) bond motifs is 3. The minimum atomic E-state index is -4.99. The van der Waals surface area contributed by atoms with E-state index in [9.17, 15) is 35.9 Å². The zero-order valence-electron chi connectivity index (χ0n) is 24.2. The van der Waals surface area contributed by atoms with E-state index in [1.54, 1.807) is 45.0 Å². The standard InChI is InChI=1S/C30H27F6N5O3S/c1-27(2,3)44-25(43)28-11-20(13-37-28)40(15-28)26-39-24(42)23(45-26)9-16-4-7-22-18(8-16)12-38-41(22)14-17-5-6-19(29(31,32)33)10-21(17)30(34,35)36/h4-10,12,20,37H,11,13-15H2,1-3H3. The highest BCUT2D eigenvalue weighted by Crippen LogP contribution is 2.41. The smallest absolute Gasteiger partial charge is 0.416 e. The molecule has 2 aromatic carbocycles. The lowest BCUT2D eigenvalue weighted by atomic mass is 10.00. The molecule has 4 heterocycles. The average molecular weight is 652 g/mol. The predicted octanol–water partition coefficient (Wildman–Crippen LogP) is 5.85. The van der Waals surface area contributed by atoms with Crippen LogP contribution in [0.1, 0.15) is 49.4 Å². The van der Waals surface area contributed by atoms with Gasteiger partial charge in [0, 0.05) is 24.5 Å². The fourth-order valence-electron chi connectivity index (χ4n) is 5.75. The van der Waals surface area contributed by atoms with Gasteiger partial charge < -0.3 is 9.64 Å². The van der Waals surface area contributed by atoms with E-state index in [0.717, 1.165) is 6.07 Å². The quantitative estimate of drug-likeness (QED) is 0.215. The molecule has 1 amide bonds. The van der Waals surface area contributed by atoms with Crippen molar-refractivity contribution < 1.29 is 40.7 Å². The monoisotopic (exact) mass is 651 g/mol. The minimum Gasteiger partial charge on any atom is -0.459 e. The van der Waals surface area contributed by atoms with Gasteiger partial charge >= 0.3 is 18.3 Å². The second-order valence-electron chi connectivity index (χ2n) is 12.2. The number of rotatable bonds is 4. The number of aliphatic imine (C=N–C) groups is 1. The largest absolute Gasteiger partial charge is 0.459 e. The number of thioether (sulfide) groups is 1. The number of nitrogens with zero attached hydrogens (tertiary/aromatic N) is 4. The molecule has 3 aliphatic heterocycles. The lowest BCUT2D eigenvalue weighted by Crippen LogP contribution is -2.58. The Morgan fingerprint density at radius 1 is 1.11 bits per heavy atom. The Balaban J connectivity index is 1.19. The number of esters is 1. The average Bonchev–Trinajstić information content (AvgIpc) is 3.71. The van der Waals surface area contributed by atoms with Gasteiger partial charge in [-0.2, -0.15) is 36.4 Å². The zero-order valence-corrected chi connectivity index (χ0v) is 25.0. The second-order valence-corrected chi connectivity index (χ2v) is 13.3. The first-order chi connectivity index (χ1) is 20.9. The van der Waals surface area contributed by atoms with E-state index in [1.165, 1.54) is 22.6 Å². The molecule has 2 bridgehead atoms. The molecule has 2 saturated heterocycles. The van der Waals surface area contributed by atoms with Crippen LogP contribution in [0.5, 0.6) is 0 Å². The third-order valence-corrected chi connectivity index (χ3v) is 8.83. The molecule has 8 nitrogen and oxygen atoms in total. The molecule has 2 fully saturated rings. The van der Waals surface area contributed by atoms with Crippen LogP contribution in [0.3, 0.4) is 0 Å².